The van der Waals surface area contributed by atoms with Crippen LogP contribution in [0.3, 0.4) is 0 Å². The fourth-order valence-electron chi connectivity index (χ4n) is 2.06. The van der Waals surface area contributed by atoms with E-state index >= 15 is 0 Å². The molecule has 6 nitrogen and oxygen atoms in total. The number of hydrogen-bond acceptors (Lipinski definition) is 5. The van der Waals surface area contributed by atoms with E-state index < -0.39 is 24.5 Å². The van der Waals surface area contributed by atoms with Gasteiger partial charge >= 0.3 is 11.9 Å². The van der Waals surface area contributed by atoms with Crippen LogP contribution in [0.4, 0.5) is 5.69 Å². The molecule has 0 aliphatic rings. The van der Waals surface area contributed by atoms with Gasteiger partial charge in [0.15, 0.2) is 6.61 Å². The van der Waals surface area contributed by atoms with Gasteiger partial charge < -0.3 is 14.8 Å². The number of hydrogen-bond donors (Lipinski definition) is 1. The van der Waals surface area contributed by atoms with Crippen LogP contribution in [0.5, 0.6) is 0 Å². The Labute approximate surface area is 166 Å². The summed E-state index contributed by atoms with van der Waals surface area (Å²) in [4.78, 5) is 35.9. The molecule has 0 radical (unpaired) electrons. The molecule has 0 bridgehead atoms. The highest BCUT2D eigenvalue weighted by Gasteiger charge is 2.15. The normalized spacial score (nSPS) is 10.2. The highest BCUT2D eigenvalue weighted by molar-refractivity contribution is 6.33. The van der Waals surface area contributed by atoms with E-state index in [9.17, 15) is 14.4 Å². The SMILES string of the molecule is CCCOC(=O)c1cc(NC(=O)COC(=O)c2cccc(Cl)c2)ccc1Cl. The van der Waals surface area contributed by atoms with Crippen LogP contribution in [0, 0.1) is 0 Å². The average Bonchev–Trinajstić information content (AvgIpc) is 2.65. The molecule has 0 spiro atoms. The van der Waals surface area contributed by atoms with Crippen molar-refractivity contribution < 1.29 is 23.9 Å². The van der Waals surface area contributed by atoms with E-state index in [1.165, 1.54) is 30.3 Å². The van der Waals surface area contributed by atoms with Crippen molar-refractivity contribution in [3.8, 4) is 0 Å². The van der Waals surface area contributed by atoms with Gasteiger partial charge in [-0.1, -0.05) is 36.2 Å². The molecule has 0 heterocycles. The van der Waals surface area contributed by atoms with Crippen molar-refractivity contribution in [3.05, 3.63) is 63.6 Å². The number of benzene rings is 2. The first kappa shape index (κ1) is 20.7. The van der Waals surface area contributed by atoms with Crippen LogP contribution in [-0.4, -0.2) is 31.1 Å². The van der Waals surface area contributed by atoms with Gasteiger partial charge in [-0.2, -0.15) is 0 Å². The van der Waals surface area contributed by atoms with E-state index in [1.54, 1.807) is 12.1 Å². The lowest BCUT2D eigenvalue weighted by Crippen LogP contribution is -2.21. The Hall–Kier alpha value is -2.57. The van der Waals surface area contributed by atoms with Crippen molar-refractivity contribution in [2.24, 2.45) is 0 Å². The minimum Gasteiger partial charge on any atom is -0.462 e. The Morgan fingerprint density at radius 2 is 1.78 bits per heavy atom. The summed E-state index contributed by atoms with van der Waals surface area (Å²) in [6, 6.07) is 10.6. The van der Waals surface area contributed by atoms with Crippen molar-refractivity contribution in [2.75, 3.05) is 18.5 Å². The van der Waals surface area contributed by atoms with Crippen LogP contribution in [0.15, 0.2) is 42.5 Å². The van der Waals surface area contributed by atoms with Gasteiger partial charge in [-0.25, -0.2) is 9.59 Å². The van der Waals surface area contributed by atoms with E-state index in [2.05, 4.69) is 5.32 Å². The van der Waals surface area contributed by atoms with Gasteiger partial charge in [-0.05, 0) is 42.8 Å². The number of halogens is 2. The monoisotopic (exact) mass is 409 g/mol. The molecule has 2 aromatic rings. The lowest BCUT2D eigenvalue weighted by atomic mass is 10.2. The summed E-state index contributed by atoms with van der Waals surface area (Å²) in [5, 5.41) is 3.13. The second-order valence-electron chi connectivity index (χ2n) is 5.47. The smallest absolute Gasteiger partial charge is 0.339 e. The first-order valence-corrected chi connectivity index (χ1v) is 8.85. The number of esters is 2. The third-order valence-corrected chi connectivity index (χ3v) is 3.87. The first-order valence-electron chi connectivity index (χ1n) is 8.10. The maximum absolute atomic E-state index is 12.0. The van der Waals surface area contributed by atoms with Crippen LogP contribution in [0.1, 0.15) is 34.1 Å². The van der Waals surface area contributed by atoms with Gasteiger partial charge in [0.2, 0.25) is 0 Å². The quantitative estimate of drug-likeness (QED) is 0.687. The molecule has 8 heteroatoms. The Bertz CT molecular complexity index is 854. The molecular formula is C19H17Cl2NO5. The van der Waals surface area contributed by atoms with Crippen LogP contribution >= 0.6 is 23.2 Å². The predicted molar refractivity (Wildman–Crippen MR) is 102 cm³/mol. The summed E-state index contributed by atoms with van der Waals surface area (Å²) >= 11 is 11.8. The van der Waals surface area contributed by atoms with Crippen LogP contribution in [0.25, 0.3) is 0 Å². The van der Waals surface area contributed by atoms with Crippen LogP contribution in [-0.2, 0) is 14.3 Å². The van der Waals surface area contributed by atoms with Gasteiger partial charge in [0, 0.05) is 10.7 Å². The molecule has 0 aliphatic heterocycles. The van der Waals surface area contributed by atoms with Crippen molar-refractivity contribution >= 4 is 46.7 Å². The zero-order chi connectivity index (χ0) is 19.8. The molecule has 0 aliphatic carbocycles. The summed E-state index contributed by atoms with van der Waals surface area (Å²) in [5.41, 5.74) is 0.702. The van der Waals surface area contributed by atoms with Gasteiger partial charge in [-0.3, -0.25) is 4.79 Å². The van der Waals surface area contributed by atoms with Crippen LogP contribution in [0.2, 0.25) is 10.0 Å². The number of carbonyl (C=O) groups is 3. The van der Waals surface area contributed by atoms with E-state index in [1.807, 2.05) is 6.92 Å². The van der Waals surface area contributed by atoms with Gasteiger partial charge in [0.25, 0.3) is 5.91 Å². The van der Waals surface area contributed by atoms with Crippen LogP contribution < -0.4 is 5.32 Å². The Balaban J connectivity index is 1.95. The minimum absolute atomic E-state index is 0.138. The summed E-state index contributed by atoms with van der Waals surface area (Å²) < 4.78 is 9.98. The highest BCUT2D eigenvalue weighted by atomic mass is 35.5. The fraction of sp³-hybridized carbons (Fsp3) is 0.211. The molecule has 142 valence electrons. The van der Waals surface area contributed by atoms with Gasteiger partial charge in [-0.15, -0.1) is 0 Å². The standard InChI is InChI=1S/C19H17Cl2NO5/c1-2-8-26-19(25)15-10-14(6-7-16(15)21)22-17(23)11-27-18(24)12-4-3-5-13(20)9-12/h3-7,9-10H,2,8,11H2,1H3,(H,22,23). The fourth-order valence-corrected chi connectivity index (χ4v) is 2.44. The lowest BCUT2D eigenvalue weighted by molar-refractivity contribution is -0.119. The summed E-state index contributed by atoms with van der Waals surface area (Å²) in [7, 11) is 0. The lowest BCUT2D eigenvalue weighted by Gasteiger charge is -2.10. The number of ether oxygens (including phenoxy) is 2. The molecular weight excluding hydrogens is 393 g/mol. The molecule has 0 atom stereocenters. The largest absolute Gasteiger partial charge is 0.462 e. The van der Waals surface area contributed by atoms with E-state index in [4.69, 9.17) is 32.7 Å². The topological polar surface area (TPSA) is 81.7 Å². The van der Waals surface area contributed by atoms with E-state index in [0.29, 0.717) is 17.1 Å². The maximum Gasteiger partial charge on any atom is 0.339 e. The molecule has 0 fully saturated rings. The van der Waals surface area contributed by atoms with Crippen molar-refractivity contribution in [2.45, 2.75) is 13.3 Å². The molecule has 0 saturated carbocycles. The predicted octanol–water partition coefficient (Wildman–Crippen LogP) is 4.36. The summed E-state index contributed by atoms with van der Waals surface area (Å²) in [5.74, 6) is -1.82. The molecule has 1 amide bonds. The molecule has 0 unspecified atom stereocenters. The third kappa shape index (κ3) is 6.27. The highest BCUT2D eigenvalue weighted by Crippen LogP contribution is 2.21. The first-order chi connectivity index (χ1) is 12.9. The molecule has 0 aromatic heterocycles. The van der Waals surface area contributed by atoms with Crippen molar-refractivity contribution in [1.82, 2.24) is 0 Å². The minimum atomic E-state index is -0.674. The Kier molecular flexibility index (Phi) is 7.64. The van der Waals surface area contributed by atoms with E-state index in [-0.39, 0.29) is 22.8 Å². The summed E-state index contributed by atoms with van der Waals surface area (Å²) in [6.07, 6.45) is 0.678. The molecule has 2 aromatic carbocycles. The number of nitrogens with one attached hydrogen (secondary N) is 1. The summed E-state index contributed by atoms with van der Waals surface area (Å²) in [6.45, 7) is 1.64. The number of anilines is 1. The van der Waals surface area contributed by atoms with Gasteiger partial charge in [0.05, 0.1) is 22.8 Å². The van der Waals surface area contributed by atoms with Gasteiger partial charge in [0.1, 0.15) is 0 Å². The van der Waals surface area contributed by atoms with Crippen molar-refractivity contribution in [1.29, 1.82) is 0 Å². The maximum atomic E-state index is 12.0. The van der Waals surface area contributed by atoms with E-state index in [0.717, 1.165) is 0 Å². The number of amides is 1. The average molecular weight is 410 g/mol. The molecule has 27 heavy (non-hydrogen) atoms. The van der Waals surface area contributed by atoms with Crippen molar-refractivity contribution in [3.63, 3.8) is 0 Å². The molecule has 2 rings (SSSR count). The number of rotatable bonds is 7. The molecule has 1 N–H and O–H groups in total. The second-order valence-corrected chi connectivity index (χ2v) is 6.31. The Morgan fingerprint density at radius 1 is 1.00 bits per heavy atom. The Morgan fingerprint density at radius 3 is 2.48 bits per heavy atom. The zero-order valence-corrected chi connectivity index (χ0v) is 16.0. The third-order valence-electron chi connectivity index (χ3n) is 3.30. The second kappa shape index (κ2) is 9.94. The molecule has 0 saturated heterocycles. The zero-order valence-electron chi connectivity index (χ0n) is 14.5. The number of carbonyl (C=O) groups excluding carboxylic acids is 3.